The molecule has 0 spiro atoms. The Balaban J connectivity index is 0.879. The molecule has 75 heavy (non-hydrogen) atoms. The quantitative estimate of drug-likeness (QED) is 0.134. The van der Waals surface area contributed by atoms with Crippen LogP contribution in [0.3, 0.4) is 0 Å². The van der Waals surface area contributed by atoms with E-state index in [2.05, 4.69) is 285 Å². The van der Waals surface area contributed by atoms with Gasteiger partial charge in [-0.05, 0) is 175 Å². The lowest BCUT2D eigenvalue weighted by Gasteiger charge is -2.28. The second-order valence-corrected chi connectivity index (χ2v) is 19.7. The molecule has 14 rings (SSSR count). The maximum absolute atomic E-state index is 6.55. The van der Waals surface area contributed by atoms with Crippen LogP contribution >= 0.6 is 0 Å². The largest absolute Gasteiger partial charge is 0.455 e. The molecule has 3 nitrogen and oxygen atoms in total. The van der Waals surface area contributed by atoms with Gasteiger partial charge in [0.2, 0.25) is 0 Å². The molecule has 0 amide bonds. The van der Waals surface area contributed by atoms with Gasteiger partial charge in [0.1, 0.15) is 11.2 Å². The Morgan fingerprint density at radius 3 is 1.23 bits per heavy atom. The van der Waals surface area contributed by atoms with Gasteiger partial charge in [-0.1, -0.05) is 188 Å². The highest BCUT2D eigenvalue weighted by Crippen LogP contribution is 2.45. The van der Waals surface area contributed by atoms with E-state index in [4.69, 9.17) is 4.42 Å². The molecule has 0 saturated carbocycles. The smallest absolute Gasteiger partial charge is 0.143 e. The first kappa shape index (κ1) is 44.0. The van der Waals surface area contributed by atoms with Gasteiger partial charge in [0, 0.05) is 50.5 Å². The third-order valence-electron chi connectivity index (χ3n) is 15.3. The van der Waals surface area contributed by atoms with Gasteiger partial charge >= 0.3 is 0 Å². The molecular formula is C72H50N2O. The van der Waals surface area contributed by atoms with E-state index < -0.39 is 0 Å². The minimum atomic E-state index is 0.905. The Kier molecular flexibility index (Phi) is 10.6. The molecule has 13 aromatic carbocycles. The van der Waals surface area contributed by atoms with Crippen molar-refractivity contribution in [2.24, 2.45) is 0 Å². The van der Waals surface area contributed by atoms with Gasteiger partial charge < -0.3 is 14.2 Å². The molecule has 1 heterocycles. The molecule has 0 aliphatic carbocycles. The Hall–Kier alpha value is -9.70. The zero-order valence-corrected chi connectivity index (χ0v) is 41.7. The Morgan fingerprint density at radius 2 is 0.640 bits per heavy atom. The summed E-state index contributed by atoms with van der Waals surface area (Å²) in [6.07, 6.45) is 0. The third kappa shape index (κ3) is 7.51. The van der Waals surface area contributed by atoms with Crippen molar-refractivity contribution in [1.82, 2.24) is 0 Å². The lowest BCUT2D eigenvalue weighted by molar-refractivity contribution is 0.670. The number of fused-ring (bicyclic) bond motifs is 10. The van der Waals surface area contributed by atoms with E-state index in [1.165, 1.54) is 70.9 Å². The molecule has 0 N–H and O–H groups in total. The first-order valence-electron chi connectivity index (χ1n) is 25.8. The van der Waals surface area contributed by atoms with Crippen LogP contribution in [-0.4, -0.2) is 0 Å². The molecule has 1 aromatic heterocycles. The second-order valence-electron chi connectivity index (χ2n) is 19.7. The van der Waals surface area contributed by atoms with Crippen LogP contribution in [0.25, 0.3) is 98.4 Å². The number of anilines is 6. The highest BCUT2D eigenvalue weighted by molar-refractivity contribution is 6.26. The first-order chi connectivity index (χ1) is 37.0. The van der Waals surface area contributed by atoms with Crippen molar-refractivity contribution in [3.8, 4) is 33.4 Å². The van der Waals surface area contributed by atoms with Crippen LogP contribution < -0.4 is 9.80 Å². The lowest BCUT2D eigenvalue weighted by atomic mass is 9.91. The molecule has 14 aromatic rings. The summed E-state index contributed by atoms with van der Waals surface area (Å²) in [6, 6.07) is 97.0. The Morgan fingerprint density at radius 1 is 0.240 bits per heavy atom. The second kappa shape index (κ2) is 18.1. The van der Waals surface area contributed by atoms with Crippen molar-refractivity contribution in [3.63, 3.8) is 0 Å². The molecular weight excluding hydrogens is 909 g/mol. The van der Waals surface area contributed by atoms with E-state index in [1.54, 1.807) is 0 Å². The number of hydrogen-bond acceptors (Lipinski definition) is 3. The number of hydrogen-bond donors (Lipinski definition) is 0. The SMILES string of the molecule is Cc1cc(N(c2ccccc2)c2ccccc2)ccc1-c1ccc(N(c2ccc(-c3ccc(-c4cccc5c4oc4ccccc45)c4ccccc34)cc2)c2ccc3c4ccccc4c4ccccc4c3c2)cc1C. The third-order valence-corrected chi connectivity index (χ3v) is 15.3. The highest BCUT2D eigenvalue weighted by Gasteiger charge is 2.21. The predicted octanol–water partition coefficient (Wildman–Crippen LogP) is 20.8. The van der Waals surface area contributed by atoms with Crippen LogP contribution in [0.4, 0.5) is 34.1 Å². The number of aryl methyl sites for hydroxylation is 2. The molecule has 354 valence electrons. The normalized spacial score (nSPS) is 11.6. The van der Waals surface area contributed by atoms with Gasteiger partial charge in [-0.25, -0.2) is 0 Å². The summed E-state index contributed by atoms with van der Waals surface area (Å²) < 4.78 is 6.55. The minimum Gasteiger partial charge on any atom is -0.455 e. The maximum atomic E-state index is 6.55. The van der Waals surface area contributed by atoms with E-state index in [9.17, 15) is 0 Å². The van der Waals surface area contributed by atoms with Crippen molar-refractivity contribution < 1.29 is 4.42 Å². The Bertz CT molecular complexity index is 4420. The maximum Gasteiger partial charge on any atom is 0.143 e. The van der Waals surface area contributed by atoms with Gasteiger partial charge in [-0.2, -0.15) is 0 Å². The molecule has 0 saturated heterocycles. The Labute approximate surface area is 436 Å². The summed E-state index contributed by atoms with van der Waals surface area (Å²) in [5.41, 5.74) is 17.9. The average molecular weight is 959 g/mol. The standard InChI is InChI=1S/C72H50N2O/c1-47-44-53(73(50-18-5-3-6-19-50)51-20-7-4-8-21-51)36-39-56(47)57-40-37-54(45-48(57)2)74(55-38-41-66-63-26-12-11-24-61(63)62-25-13-14-27-64(62)70(66)46-55)52-34-32-49(33-35-52)58-42-43-65(60-23-10-9-22-59(58)60)68-29-17-30-69-67-28-15-16-31-71(67)75-72(68)69/h3-46H,1-2H3. The van der Waals surface area contributed by atoms with Crippen molar-refractivity contribution in [2.75, 3.05) is 9.80 Å². The van der Waals surface area contributed by atoms with E-state index >= 15 is 0 Å². The van der Waals surface area contributed by atoms with Crippen LogP contribution in [0.5, 0.6) is 0 Å². The lowest BCUT2D eigenvalue weighted by Crippen LogP contribution is -2.11. The van der Waals surface area contributed by atoms with E-state index in [-0.39, 0.29) is 0 Å². The van der Waals surface area contributed by atoms with Crippen LogP contribution in [0.2, 0.25) is 0 Å². The summed E-state index contributed by atoms with van der Waals surface area (Å²) in [5.74, 6) is 0. The van der Waals surface area contributed by atoms with Crippen molar-refractivity contribution in [2.45, 2.75) is 13.8 Å². The van der Waals surface area contributed by atoms with Gasteiger partial charge in [0.15, 0.2) is 0 Å². The van der Waals surface area contributed by atoms with Crippen LogP contribution in [0.15, 0.2) is 271 Å². The van der Waals surface area contributed by atoms with Crippen LogP contribution in [0.1, 0.15) is 11.1 Å². The van der Waals surface area contributed by atoms with Crippen molar-refractivity contribution in [3.05, 3.63) is 278 Å². The molecule has 0 aliphatic heterocycles. The average Bonchev–Trinajstić information content (AvgIpc) is 3.87. The molecule has 0 atom stereocenters. The molecule has 0 bridgehead atoms. The number of rotatable bonds is 9. The number of furan rings is 1. The summed E-state index contributed by atoms with van der Waals surface area (Å²) in [4.78, 5) is 4.75. The number of benzene rings is 13. The minimum absolute atomic E-state index is 0.905. The summed E-state index contributed by atoms with van der Waals surface area (Å²) in [6.45, 7) is 4.48. The first-order valence-corrected chi connectivity index (χ1v) is 25.8. The zero-order chi connectivity index (χ0) is 50.0. The van der Waals surface area contributed by atoms with Crippen LogP contribution in [-0.2, 0) is 0 Å². The topological polar surface area (TPSA) is 19.6 Å². The fourth-order valence-corrected chi connectivity index (χ4v) is 11.8. The molecule has 0 radical (unpaired) electrons. The number of para-hydroxylation sites is 4. The van der Waals surface area contributed by atoms with Crippen molar-refractivity contribution in [1.29, 1.82) is 0 Å². The van der Waals surface area contributed by atoms with E-state index in [0.717, 1.165) is 72.8 Å². The molecule has 3 heteroatoms. The van der Waals surface area contributed by atoms with Gasteiger partial charge in [-0.15, -0.1) is 0 Å². The molecule has 0 fully saturated rings. The predicted molar refractivity (Wildman–Crippen MR) is 319 cm³/mol. The summed E-state index contributed by atoms with van der Waals surface area (Å²) in [7, 11) is 0. The highest BCUT2D eigenvalue weighted by atomic mass is 16.3. The fourth-order valence-electron chi connectivity index (χ4n) is 11.8. The summed E-state index contributed by atoms with van der Waals surface area (Å²) >= 11 is 0. The van der Waals surface area contributed by atoms with Crippen molar-refractivity contribution >= 4 is 99.2 Å². The summed E-state index contributed by atoms with van der Waals surface area (Å²) in [5, 5.41) is 12.2. The number of nitrogens with zero attached hydrogens (tertiary/aromatic N) is 2. The molecule has 0 unspecified atom stereocenters. The fraction of sp³-hybridized carbons (Fsp3) is 0.0278. The van der Waals surface area contributed by atoms with E-state index in [0.29, 0.717) is 0 Å². The molecule has 0 aliphatic rings. The van der Waals surface area contributed by atoms with Gasteiger partial charge in [0.05, 0.1) is 0 Å². The monoisotopic (exact) mass is 958 g/mol. The van der Waals surface area contributed by atoms with Gasteiger partial charge in [-0.3, -0.25) is 0 Å². The van der Waals surface area contributed by atoms with E-state index in [1.807, 2.05) is 6.07 Å². The van der Waals surface area contributed by atoms with Crippen LogP contribution in [0, 0.1) is 13.8 Å². The zero-order valence-electron chi connectivity index (χ0n) is 41.7. The van der Waals surface area contributed by atoms with Gasteiger partial charge in [0.25, 0.3) is 0 Å².